The van der Waals surface area contributed by atoms with Crippen LogP contribution < -0.4 is 0 Å². The lowest BCUT2D eigenvalue weighted by molar-refractivity contribution is -0.279. The van der Waals surface area contributed by atoms with Crippen LogP contribution in [0.15, 0.2) is 91.0 Å². The predicted octanol–water partition coefficient (Wildman–Crippen LogP) is 2.36. The number of ether oxygens (including phenoxy) is 4. The van der Waals surface area contributed by atoms with Crippen LogP contribution in [0.4, 0.5) is 0 Å². The first kappa shape index (κ1) is 28.9. The van der Waals surface area contributed by atoms with Gasteiger partial charge in [0.15, 0.2) is 18.5 Å². The lowest BCUT2D eigenvalue weighted by Crippen LogP contribution is -2.62. The van der Waals surface area contributed by atoms with Gasteiger partial charge in [-0.25, -0.2) is 14.4 Å². The van der Waals surface area contributed by atoms with Crippen molar-refractivity contribution in [1.82, 2.24) is 0 Å². The molecule has 0 unspecified atom stereocenters. The molecule has 0 amide bonds. The third-order valence-corrected chi connectivity index (χ3v) is 6.36. The van der Waals surface area contributed by atoms with Crippen molar-refractivity contribution in [1.29, 1.82) is 0 Å². The molecule has 0 radical (unpaired) electrons. The number of hydrogen-bond acceptors (Lipinski definition) is 11. The summed E-state index contributed by atoms with van der Waals surface area (Å²) in [5.41, 5.74) is 0.422. The van der Waals surface area contributed by atoms with E-state index in [4.69, 9.17) is 23.1 Å². The number of benzene rings is 3. The highest BCUT2D eigenvalue weighted by Gasteiger charge is 2.52. The average molecular weight is 571 g/mol. The fourth-order valence-corrected chi connectivity index (χ4v) is 4.59. The smallest absolute Gasteiger partial charge is 0.338 e. The van der Waals surface area contributed by atoms with Crippen LogP contribution in [0, 0.1) is 0 Å². The Bertz CT molecular complexity index is 1410. The van der Waals surface area contributed by atoms with Gasteiger partial charge in [0.2, 0.25) is 0 Å². The number of rotatable bonds is 9. The number of esters is 3. The minimum atomic E-state index is -4.24. The molecule has 40 heavy (non-hydrogen) atoms. The third kappa shape index (κ3) is 7.51. The summed E-state index contributed by atoms with van der Waals surface area (Å²) in [6.07, 6.45) is -7.69. The predicted molar refractivity (Wildman–Crippen MR) is 139 cm³/mol. The van der Waals surface area contributed by atoms with Crippen molar-refractivity contribution in [2.75, 3.05) is 12.9 Å². The zero-order valence-corrected chi connectivity index (χ0v) is 22.0. The standard InChI is InChI=1S/C28H26O11S/c1-40(33,34)39-22-21(17-35-25(29)18-11-5-2-6-12-18)36-28(32)24(38-27(31)20-15-9-4-10-16-20)23(22)37-26(30)19-13-7-3-8-14-19/h2-16,21-24,28,32H,17H2,1H3/t21-,22+,23+,24-,28+/m1/s1. The molecule has 0 aromatic heterocycles. The van der Waals surface area contributed by atoms with E-state index < -0.39 is 65.3 Å². The van der Waals surface area contributed by atoms with E-state index in [1.54, 1.807) is 54.6 Å². The van der Waals surface area contributed by atoms with E-state index in [0.717, 1.165) is 6.26 Å². The van der Waals surface area contributed by atoms with E-state index in [0.29, 0.717) is 0 Å². The van der Waals surface area contributed by atoms with E-state index in [-0.39, 0.29) is 16.7 Å². The molecule has 210 valence electrons. The summed E-state index contributed by atoms with van der Waals surface area (Å²) < 4.78 is 51.6. The van der Waals surface area contributed by atoms with Crippen LogP contribution in [-0.4, -0.2) is 75.0 Å². The second-order valence-corrected chi connectivity index (χ2v) is 10.4. The Morgan fingerprint density at radius 2 is 1.12 bits per heavy atom. The molecule has 1 fully saturated rings. The van der Waals surface area contributed by atoms with Crippen LogP contribution in [-0.2, 0) is 33.2 Å². The topological polar surface area (TPSA) is 152 Å². The Kier molecular flexibility index (Phi) is 9.27. The van der Waals surface area contributed by atoms with Crippen LogP contribution in [0.1, 0.15) is 31.1 Å². The molecule has 1 heterocycles. The van der Waals surface area contributed by atoms with E-state index in [9.17, 15) is 27.9 Å². The summed E-state index contributed by atoms with van der Waals surface area (Å²) in [6.45, 7) is -0.594. The first-order valence-corrected chi connectivity index (χ1v) is 13.9. The summed E-state index contributed by atoms with van der Waals surface area (Å²) in [4.78, 5) is 38.4. The first-order valence-electron chi connectivity index (χ1n) is 12.1. The Hall–Kier alpha value is -4.10. The Morgan fingerprint density at radius 1 is 0.700 bits per heavy atom. The van der Waals surface area contributed by atoms with Crippen molar-refractivity contribution in [3.05, 3.63) is 108 Å². The zero-order chi connectivity index (χ0) is 28.7. The summed E-state index contributed by atoms with van der Waals surface area (Å²) in [6, 6.07) is 23.5. The largest absolute Gasteiger partial charge is 0.459 e. The normalized spacial score (nSPS) is 22.6. The molecule has 1 aliphatic heterocycles. The number of hydrogen-bond donors (Lipinski definition) is 1. The van der Waals surface area contributed by atoms with Crippen molar-refractivity contribution in [3.8, 4) is 0 Å². The average Bonchev–Trinajstić information content (AvgIpc) is 2.95. The van der Waals surface area contributed by atoms with Crippen molar-refractivity contribution in [2.45, 2.75) is 30.7 Å². The Labute approximate surface area is 230 Å². The van der Waals surface area contributed by atoms with Gasteiger partial charge in [0.05, 0.1) is 22.9 Å². The molecule has 5 atom stereocenters. The summed E-state index contributed by atoms with van der Waals surface area (Å²) in [5.74, 6) is -2.57. The summed E-state index contributed by atoms with van der Waals surface area (Å²) in [5, 5.41) is 10.9. The highest BCUT2D eigenvalue weighted by atomic mass is 32.2. The van der Waals surface area contributed by atoms with Crippen molar-refractivity contribution >= 4 is 28.0 Å². The maximum atomic E-state index is 13.0. The molecule has 0 aliphatic carbocycles. The first-order chi connectivity index (χ1) is 19.1. The van der Waals surface area contributed by atoms with Gasteiger partial charge < -0.3 is 24.1 Å². The molecule has 1 N–H and O–H groups in total. The zero-order valence-electron chi connectivity index (χ0n) is 21.2. The van der Waals surface area contributed by atoms with E-state index >= 15 is 0 Å². The Balaban J connectivity index is 1.65. The number of aliphatic hydroxyl groups is 1. The molecule has 12 heteroatoms. The second-order valence-electron chi connectivity index (χ2n) is 8.77. The maximum absolute atomic E-state index is 13.0. The molecule has 4 rings (SSSR count). The lowest BCUT2D eigenvalue weighted by atomic mass is 9.98. The van der Waals surface area contributed by atoms with Gasteiger partial charge in [-0.2, -0.15) is 8.42 Å². The molecule has 1 saturated heterocycles. The maximum Gasteiger partial charge on any atom is 0.338 e. The molecule has 0 saturated carbocycles. The fraction of sp³-hybridized carbons (Fsp3) is 0.250. The quantitative estimate of drug-likeness (QED) is 0.229. The molecule has 11 nitrogen and oxygen atoms in total. The molecule has 1 aliphatic rings. The van der Waals surface area contributed by atoms with Crippen LogP contribution in [0.3, 0.4) is 0 Å². The van der Waals surface area contributed by atoms with Gasteiger partial charge in [-0.15, -0.1) is 0 Å². The highest BCUT2D eigenvalue weighted by molar-refractivity contribution is 7.86. The molecular formula is C28H26O11S. The lowest BCUT2D eigenvalue weighted by Gasteiger charge is -2.42. The van der Waals surface area contributed by atoms with Gasteiger partial charge in [0.25, 0.3) is 10.1 Å². The minimum absolute atomic E-state index is 0.0989. The van der Waals surface area contributed by atoms with Crippen LogP contribution in [0.5, 0.6) is 0 Å². The monoisotopic (exact) mass is 570 g/mol. The van der Waals surface area contributed by atoms with Crippen molar-refractivity contribution < 1.29 is 51.0 Å². The molecule has 0 spiro atoms. The van der Waals surface area contributed by atoms with Crippen LogP contribution >= 0.6 is 0 Å². The highest BCUT2D eigenvalue weighted by Crippen LogP contribution is 2.30. The number of carbonyl (C=O) groups excluding carboxylic acids is 3. The van der Waals surface area contributed by atoms with E-state index in [1.807, 2.05) is 0 Å². The minimum Gasteiger partial charge on any atom is -0.459 e. The molecule has 3 aromatic carbocycles. The summed E-state index contributed by atoms with van der Waals surface area (Å²) >= 11 is 0. The number of aliphatic hydroxyl groups excluding tert-OH is 1. The van der Waals surface area contributed by atoms with Gasteiger partial charge >= 0.3 is 17.9 Å². The van der Waals surface area contributed by atoms with Gasteiger partial charge in [0.1, 0.15) is 18.8 Å². The molecular weight excluding hydrogens is 544 g/mol. The van der Waals surface area contributed by atoms with Crippen LogP contribution in [0.2, 0.25) is 0 Å². The SMILES string of the molecule is CS(=O)(=O)O[C@@H]1[C@H](OC(=O)c2ccccc2)[C@@H](OC(=O)c2ccccc2)[C@@H](O)O[C@@H]1COC(=O)c1ccccc1. The van der Waals surface area contributed by atoms with E-state index in [1.165, 1.54) is 36.4 Å². The summed E-state index contributed by atoms with van der Waals surface area (Å²) in [7, 11) is -4.24. The van der Waals surface area contributed by atoms with E-state index in [2.05, 4.69) is 0 Å². The second kappa shape index (κ2) is 12.8. The van der Waals surface area contributed by atoms with Gasteiger partial charge in [-0.05, 0) is 36.4 Å². The van der Waals surface area contributed by atoms with Crippen molar-refractivity contribution in [2.24, 2.45) is 0 Å². The number of carbonyl (C=O) groups is 3. The molecule has 0 bridgehead atoms. The van der Waals surface area contributed by atoms with Crippen molar-refractivity contribution in [3.63, 3.8) is 0 Å². The van der Waals surface area contributed by atoms with Crippen LogP contribution in [0.25, 0.3) is 0 Å². The van der Waals surface area contributed by atoms with Gasteiger partial charge in [-0.3, -0.25) is 4.18 Å². The van der Waals surface area contributed by atoms with Gasteiger partial charge in [0, 0.05) is 0 Å². The third-order valence-electron chi connectivity index (χ3n) is 5.79. The van der Waals surface area contributed by atoms with Gasteiger partial charge in [-0.1, -0.05) is 54.6 Å². The Morgan fingerprint density at radius 3 is 1.57 bits per heavy atom. The molecule has 3 aromatic rings. The fourth-order valence-electron chi connectivity index (χ4n) is 3.95.